The fourth-order valence-corrected chi connectivity index (χ4v) is 8.48. The summed E-state index contributed by atoms with van der Waals surface area (Å²) in [6, 6.07) is 27.4. The number of aryl methyl sites for hydroxylation is 1. The van der Waals surface area contributed by atoms with Gasteiger partial charge >= 0.3 is 0 Å². The average molecular weight is 701 g/mol. The zero-order chi connectivity index (χ0) is 37.6. The molecular weight excluding hydrogens is 645 g/mol. The third-order valence-corrected chi connectivity index (χ3v) is 11.3. The summed E-state index contributed by atoms with van der Waals surface area (Å²) in [4.78, 5) is 5.10. The summed E-state index contributed by atoms with van der Waals surface area (Å²) in [5.41, 5.74) is 15.5. The van der Waals surface area contributed by atoms with Crippen molar-refractivity contribution < 1.29 is 0 Å². The van der Waals surface area contributed by atoms with Gasteiger partial charge in [-0.15, -0.1) is 11.3 Å². The zero-order valence-electron chi connectivity index (χ0n) is 32.8. The van der Waals surface area contributed by atoms with Gasteiger partial charge in [-0.1, -0.05) is 144 Å². The Morgan fingerprint density at radius 2 is 1.56 bits per heavy atom. The van der Waals surface area contributed by atoms with Crippen LogP contribution in [0.5, 0.6) is 0 Å². The fraction of sp³-hybridized carbons (Fsp3) is 0.265. The summed E-state index contributed by atoms with van der Waals surface area (Å²) >= 11 is 1.92. The van der Waals surface area contributed by atoms with Gasteiger partial charge in [-0.2, -0.15) is 0 Å². The van der Waals surface area contributed by atoms with E-state index in [4.69, 9.17) is 0 Å². The van der Waals surface area contributed by atoms with Crippen LogP contribution in [0.3, 0.4) is 0 Å². The van der Waals surface area contributed by atoms with Crippen molar-refractivity contribution in [2.24, 2.45) is 0 Å². The van der Waals surface area contributed by atoms with Crippen LogP contribution >= 0.6 is 11.3 Å². The summed E-state index contributed by atoms with van der Waals surface area (Å²) in [6.45, 7) is 28.6. The summed E-state index contributed by atoms with van der Waals surface area (Å²) in [5.74, 6) is 0.499. The molecule has 0 amide bonds. The molecule has 0 aliphatic heterocycles. The Morgan fingerprint density at radius 3 is 2.21 bits per heavy atom. The lowest BCUT2D eigenvalue weighted by molar-refractivity contribution is 0.660. The third-order valence-electron chi connectivity index (χ3n) is 10.0. The number of nitrogens with zero attached hydrogens (tertiary/aromatic N) is 1. The van der Waals surface area contributed by atoms with Gasteiger partial charge in [-0.25, -0.2) is 0 Å². The molecule has 1 aromatic heterocycles. The van der Waals surface area contributed by atoms with Crippen molar-refractivity contribution >= 4 is 35.5 Å². The molecule has 0 N–H and O–H groups in total. The maximum atomic E-state index is 4.43. The first-order valence-electron chi connectivity index (χ1n) is 18.8. The maximum absolute atomic E-state index is 4.43. The SMILES string of the molecule is C=C(/C=C\C=C/C)C(=C)/C(C)=C\C(=C/C)N(c1ccc(-c2sc(/C([B]C(C)C)=C/C)cc2CCC)cc1)c1ccc2c(c1)C(C)(C)c1ccccc1-2. The van der Waals surface area contributed by atoms with Crippen molar-refractivity contribution in [2.75, 3.05) is 4.90 Å². The minimum Gasteiger partial charge on any atom is -0.311 e. The predicted molar refractivity (Wildman–Crippen MR) is 234 cm³/mol. The quantitative estimate of drug-likeness (QED) is 0.0935. The molecule has 4 aromatic rings. The normalized spacial score (nSPS) is 14.3. The fourth-order valence-electron chi connectivity index (χ4n) is 7.21. The van der Waals surface area contributed by atoms with Gasteiger partial charge < -0.3 is 4.90 Å². The monoisotopic (exact) mass is 700 g/mol. The Hall–Kier alpha value is -4.60. The van der Waals surface area contributed by atoms with Crippen LogP contribution in [0, 0.1) is 0 Å². The van der Waals surface area contributed by atoms with Gasteiger partial charge in [-0.3, -0.25) is 0 Å². The maximum Gasteiger partial charge on any atom is 0.155 e. The molecule has 0 saturated heterocycles. The lowest BCUT2D eigenvalue weighted by atomic mass is 9.59. The number of fused-ring (bicyclic) bond motifs is 3. The van der Waals surface area contributed by atoms with Gasteiger partial charge in [0.25, 0.3) is 0 Å². The average Bonchev–Trinajstić information content (AvgIpc) is 3.66. The molecular formula is C49H55BNS. The number of hydrogen-bond acceptors (Lipinski definition) is 2. The van der Waals surface area contributed by atoms with E-state index < -0.39 is 0 Å². The van der Waals surface area contributed by atoms with Crippen LogP contribution in [-0.2, 0) is 11.8 Å². The van der Waals surface area contributed by atoms with Crippen molar-refractivity contribution in [1.29, 1.82) is 0 Å². The molecule has 265 valence electrons. The predicted octanol–water partition coefficient (Wildman–Crippen LogP) is 14.8. The summed E-state index contributed by atoms with van der Waals surface area (Å²) in [5, 5.41) is 0. The van der Waals surface area contributed by atoms with E-state index in [2.05, 4.69) is 172 Å². The molecule has 5 rings (SSSR count). The minimum atomic E-state index is -0.101. The molecule has 0 spiro atoms. The van der Waals surface area contributed by atoms with Gasteiger partial charge in [0.15, 0.2) is 7.28 Å². The van der Waals surface area contributed by atoms with Crippen molar-refractivity contribution in [2.45, 2.75) is 86.4 Å². The second-order valence-corrected chi connectivity index (χ2v) is 15.6. The standard InChI is InChI=1S/C49H55BNS/c1-12-16-17-21-34(7)36(9)35(8)30-39(14-3)51(41-28-29-43-42-22-18-19-23-44(42)49(10,11)45(43)32-41)40-26-24-37(25-27-40)48-38(20-13-2)31-47(52-48)46(15-4)50-33(5)6/h12,14-19,21-33H,7,9,13,20H2,1-6,8,10-11H3/b16-12-,21-17-,35-30-,39-14+,46-15-. The molecule has 1 aliphatic rings. The molecule has 0 unspecified atom stereocenters. The van der Waals surface area contributed by atoms with Crippen molar-refractivity contribution in [1.82, 2.24) is 0 Å². The van der Waals surface area contributed by atoms with E-state index in [0.717, 1.165) is 46.6 Å². The van der Waals surface area contributed by atoms with E-state index in [-0.39, 0.29) is 5.41 Å². The first-order chi connectivity index (χ1) is 24.9. The number of anilines is 2. The topological polar surface area (TPSA) is 3.24 Å². The van der Waals surface area contributed by atoms with E-state index in [1.54, 1.807) is 0 Å². The highest BCUT2D eigenvalue weighted by atomic mass is 32.1. The van der Waals surface area contributed by atoms with Crippen molar-refractivity contribution in [3.05, 3.63) is 172 Å². The molecule has 1 nitrogen and oxygen atoms in total. The summed E-state index contributed by atoms with van der Waals surface area (Å²) in [7, 11) is 2.37. The molecule has 0 fully saturated rings. The highest BCUT2D eigenvalue weighted by molar-refractivity contribution is 7.17. The first kappa shape index (κ1) is 38.6. The molecule has 1 aliphatic carbocycles. The third kappa shape index (κ3) is 8.06. The van der Waals surface area contributed by atoms with Crippen LogP contribution in [0.25, 0.3) is 27.0 Å². The molecule has 1 heterocycles. The Kier molecular flexibility index (Phi) is 12.5. The van der Waals surface area contributed by atoms with E-state index in [9.17, 15) is 0 Å². The van der Waals surface area contributed by atoms with Crippen molar-refractivity contribution in [3.8, 4) is 21.6 Å². The highest BCUT2D eigenvalue weighted by Crippen LogP contribution is 2.50. The minimum absolute atomic E-state index is 0.101. The van der Waals surface area contributed by atoms with E-state index in [0.29, 0.717) is 5.82 Å². The second kappa shape index (κ2) is 16.8. The Labute approximate surface area is 319 Å². The summed E-state index contributed by atoms with van der Waals surface area (Å²) in [6.07, 6.45) is 16.9. The van der Waals surface area contributed by atoms with E-state index in [1.165, 1.54) is 48.6 Å². The largest absolute Gasteiger partial charge is 0.311 e. The van der Waals surface area contributed by atoms with Gasteiger partial charge in [0.1, 0.15) is 0 Å². The number of hydrogen-bond donors (Lipinski definition) is 0. The lowest BCUT2D eigenvalue weighted by Gasteiger charge is -2.29. The van der Waals surface area contributed by atoms with Gasteiger partial charge in [-0.05, 0) is 121 Å². The van der Waals surface area contributed by atoms with Crippen LogP contribution < -0.4 is 4.90 Å². The lowest BCUT2D eigenvalue weighted by Crippen LogP contribution is -2.18. The van der Waals surface area contributed by atoms with Crippen LogP contribution in [0.4, 0.5) is 11.4 Å². The Morgan fingerprint density at radius 1 is 0.865 bits per heavy atom. The molecule has 3 heteroatoms. The van der Waals surface area contributed by atoms with Crippen LogP contribution in [0.1, 0.15) is 90.3 Å². The van der Waals surface area contributed by atoms with E-state index >= 15 is 0 Å². The van der Waals surface area contributed by atoms with E-state index in [1.807, 2.05) is 42.6 Å². The molecule has 3 aromatic carbocycles. The molecule has 52 heavy (non-hydrogen) atoms. The Bertz CT molecular complexity index is 2090. The van der Waals surface area contributed by atoms with Gasteiger partial charge in [0, 0.05) is 32.2 Å². The molecule has 1 radical (unpaired) electrons. The number of rotatable bonds is 14. The van der Waals surface area contributed by atoms with Crippen LogP contribution in [-0.4, -0.2) is 7.28 Å². The highest BCUT2D eigenvalue weighted by Gasteiger charge is 2.35. The molecule has 0 saturated carbocycles. The number of benzene rings is 3. The Balaban J connectivity index is 1.61. The number of thiophene rings is 1. The van der Waals surface area contributed by atoms with Crippen LogP contribution in [0.2, 0.25) is 5.82 Å². The second-order valence-electron chi connectivity index (χ2n) is 14.6. The molecule has 0 atom stereocenters. The van der Waals surface area contributed by atoms with Gasteiger partial charge in [0.2, 0.25) is 0 Å². The number of allylic oxidation sites excluding steroid dienone is 10. The van der Waals surface area contributed by atoms with Crippen LogP contribution in [0.15, 0.2) is 151 Å². The van der Waals surface area contributed by atoms with Crippen molar-refractivity contribution in [3.63, 3.8) is 0 Å². The smallest absolute Gasteiger partial charge is 0.155 e. The zero-order valence-corrected chi connectivity index (χ0v) is 33.6. The first-order valence-corrected chi connectivity index (χ1v) is 19.6. The summed E-state index contributed by atoms with van der Waals surface area (Å²) < 4.78 is 0. The van der Waals surface area contributed by atoms with Gasteiger partial charge in [0.05, 0.1) is 0 Å². The molecule has 0 bridgehead atoms.